The van der Waals surface area contributed by atoms with E-state index in [0.717, 1.165) is 49.4 Å². The Labute approximate surface area is 134 Å². The first kappa shape index (κ1) is 14.5. The SMILES string of the molecule is CC(C)c1cc(C2CCCN2C(=O)c2cc(C3CC3)on2)no1. The Morgan fingerprint density at radius 2 is 2.04 bits per heavy atom. The summed E-state index contributed by atoms with van der Waals surface area (Å²) in [6.45, 7) is 4.85. The summed E-state index contributed by atoms with van der Waals surface area (Å²) in [5.41, 5.74) is 1.25. The van der Waals surface area contributed by atoms with Crippen molar-refractivity contribution in [1.82, 2.24) is 15.2 Å². The second kappa shape index (κ2) is 5.51. The van der Waals surface area contributed by atoms with Gasteiger partial charge in [0.15, 0.2) is 5.69 Å². The zero-order valence-electron chi connectivity index (χ0n) is 13.5. The van der Waals surface area contributed by atoms with Crippen LogP contribution in [0.2, 0.25) is 0 Å². The number of likely N-dealkylation sites (tertiary alicyclic amines) is 1. The van der Waals surface area contributed by atoms with Crippen LogP contribution in [0.3, 0.4) is 0 Å². The molecule has 1 unspecified atom stereocenters. The lowest BCUT2D eigenvalue weighted by Gasteiger charge is -2.21. The molecule has 3 heterocycles. The van der Waals surface area contributed by atoms with Crippen LogP contribution in [-0.2, 0) is 0 Å². The summed E-state index contributed by atoms with van der Waals surface area (Å²) in [4.78, 5) is 14.6. The summed E-state index contributed by atoms with van der Waals surface area (Å²) < 4.78 is 10.7. The minimum atomic E-state index is -0.0720. The van der Waals surface area contributed by atoms with Crippen LogP contribution in [0, 0.1) is 0 Å². The van der Waals surface area contributed by atoms with Crippen LogP contribution in [0.5, 0.6) is 0 Å². The summed E-state index contributed by atoms with van der Waals surface area (Å²) in [5.74, 6) is 2.38. The number of rotatable bonds is 4. The first-order valence-electron chi connectivity index (χ1n) is 8.37. The molecule has 122 valence electrons. The van der Waals surface area contributed by atoms with Crippen molar-refractivity contribution in [1.29, 1.82) is 0 Å². The number of hydrogen-bond donors (Lipinski definition) is 0. The summed E-state index contributed by atoms with van der Waals surface area (Å²) in [6.07, 6.45) is 4.13. The molecule has 0 bridgehead atoms. The molecular formula is C17H21N3O3. The molecule has 0 spiro atoms. The largest absolute Gasteiger partial charge is 0.361 e. The lowest BCUT2D eigenvalue weighted by molar-refractivity contribution is 0.0720. The van der Waals surface area contributed by atoms with E-state index in [1.54, 1.807) is 6.07 Å². The topological polar surface area (TPSA) is 72.4 Å². The van der Waals surface area contributed by atoms with Gasteiger partial charge in [0.2, 0.25) is 0 Å². The Hall–Kier alpha value is -2.11. The van der Waals surface area contributed by atoms with Crippen LogP contribution in [0.15, 0.2) is 21.2 Å². The summed E-state index contributed by atoms with van der Waals surface area (Å²) in [5, 5.41) is 8.15. The molecule has 1 saturated heterocycles. The number of carbonyl (C=O) groups is 1. The van der Waals surface area contributed by atoms with Gasteiger partial charge in [-0.2, -0.15) is 0 Å². The molecule has 6 nitrogen and oxygen atoms in total. The molecule has 6 heteroatoms. The first-order chi connectivity index (χ1) is 11.1. The van der Waals surface area contributed by atoms with Gasteiger partial charge in [0.1, 0.15) is 17.2 Å². The number of amides is 1. The third kappa shape index (κ3) is 2.66. The van der Waals surface area contributed by atoms with Crippen molar-refractivity contribution in [3.63, 3.8) is 0 Å². The van der Waals surface area contributed by atoms with Gasteiger partial charge in [-0.3, -0.25) is 4.79 Å². The second-order valence-electron chi connectivity index (χ2n) is 6.85. The fourth-order valence-electron chi connectivity index (χ4n) is 3.15. The van der Waals surface area contributed by atoms with E-state index in [-0.39, 0.29) is 11.9 Å². The van der Waals surface area contributed by atoms with E-state index >= 15 is 0 Å². The van der Waals surface area contributed by atoms with Gasteiger partial charge in [-0.05, 0) is 25.7 Å². The maximum atomic E-state index is 12.8. The fourth-order valence-corrected chi connectivity index (χ4v) is 3.15. The maximum Gasteiger partial charge on any atom is 0.276 e. The molecule has 1 atom stereocenters. The number of carbonyl (C=O) groups excluding carboxylic acids is 1. The van der Waals surface area contributed by atoms with E-state index in [1.807, 2.05) is 11.0 Å². The lowest BCUT2D eigenvalue weighted by atomic mass is 10.1. The van der Waals surface area contributed by atoms with Crippen molar-refractivity contribution < 1.29 is 13.8 Å². The van der Waals surface area contributed by atoms with Gasteiger partial charge >= 0.3 is 0 Å². The van der Waals surface area contributed by atoms with Crippen LogP contribution in [-0.4, -0.2) is 27.7 Å². The Kier molecular flexibility index (Phi) is 3.47. The van der Waals surface area contributed by atoms with Crippen LogP contribution >= 0.6 is 0 Å². The van der Waals surface area contributed by atoms with Gasteiger partial charge < -0.3 is 13.9 Å². The van der Waals surface area contributed by atoms with Crippen molar-refractivity contribution in [2.24, 2.45) is 0 Å². The first-order valence-corrected chi connectivity index (χ1v) is 8.37. The highest BCUT2D eigenvalue weighted by Crippen LogP contribution is 2.40. The Morgan fingerprint density at radius 1 is 1.22 bits per heavy atom. The average Bonchev–Trinajstić information content (AvgIpc) is 3.02. The molecule has 2 aliphatic rings. The minimum Gasteiger partial charge on any atom is -0.361 e. The van der Waals surface area contributed by atoms with Gasteiger partial charge in [-0.25, -0.2) is 0 Å². The molecule has 1 amide bonds. The van der Waals surface area contributed by atoms with E-state index in [1.165, 1.54) is 0 Å². The lowest BCUT2D eigenvalue weighted by Crippen LogP contribution is -2.30. The monoisotopic (exact) mass is 315 g/mol. The summed E-state index contributed by atoms with van der Waals surface area (Å²) >= 11 is 0. The third-order valence-electron chi connectivity index (χ3n) is 4.70. The summed E-state index contributed by atoms with van der Waals surface area (Å²) in [7, 11) is 0. The molecule has 2 aromatic rings. The van der Waals surface area contributed by atoms with E-state index < -0.39 is 0 Å². The molecule has 0 radical (unpaired) electrons. The van der Waals surface area contributed by atoms with E-state index in [2.05, 4.69) is 24.2 Å². The van der Waals surface area contributed by atoms with Crippen LogP contribution in [0.1, 0.15) is 85.1 Å². The van der Waals surface area contributed by atoms with Gasteiger partial charge in [0, 0.05) is 30.5 Å². The molecule has 1 aliphatic heterocycles. The zero-order valence-corrected chi connectivity index (χ0v) is 13.5. The van der Waals surface area contributed by atoms with Crippen LogP contribution in [0.25, 0.3) is 0 Å². The van der Waals surface area contributed by atoms with Crippen molar-refractivity contribution >= 4 is 5.91 Å². The Bertz CT molecular complexity index is 714. The number of hydrogen-bond acceptors (Lipinski definition) is 5. The minimum absolute atomic E-state index is 0.0279. The molecule has 2 fully saturated rings. The molecule has 0 aromatic carbocycles. The molecule has 0 N–H and O–H groups in total. The zero-order chi connectivity index (χ0) is 16.0. The van der Waals surface area contributed by atoms with Gasteiger partial charge in [-0.15, -0.1) is 0 Å². The quantitative estimate of drug-likeness (QED) is 0.861. The Balaban J connectivity index is 1.54. The molecule has 1 aliphatic carbocycles. The second-order valence-corrected chi connectivity index (χ2v) is 6.85. The van der Waals surface area contributed by atoms with Crippen molar-refractivity contribution in [3.8, 4) is 0 Å². The van der Waals surface area contributed by atoms with Crippen molar-refractivity contribution in [2.45, 2.75) is 57.4 Å². The fraction of sp³-hybridized carbons (Fsp3) is 0.588. The maximum absolute atomic E-state index is 12.8. The molecule has 1 saturated carbocycles. The number of aromatic nitrogens is 2. The molecule has 23 heavy (non-hydrogen) atoms. The van der Waals surface area contributed by atoms with E-state index in [4.69, 9.17) is 9.05 Å². The van der Waals surface area contributed by atoms with Crippen LogP contribution < -0.4 is 0 Å². The molecule has 2 aromatic heterocycles. The van der Waals surface area contributed by atoms with Crippen LogP contribution in [0.4, 0.5) is 0 Å². The number of nitrogens with zero attached hydrogens (tertiary/aromatic N) is 3. The van der Waals surface area contributed by atoms with Gasteiger partial charge in [0.25, 0.3) is 5.91 Å². The third-order valence-corrected chi connectivity index (χ3v) is 4.70. The smallest absolute Gasteiger partial charge is 0.276 e. The van der Waals surface area contributed by atoms with E-state index in [0.29, 0.717) is 17.5 Å². The highest BCUT2D eigenvalue weighted by molar-refractivity contribution is 5.92. The highest BCUT2D eigenvalue weighted by atomic mass is 16.5. The van der Waals surface area contributed by atoms with E-state index in [9.17, 15) is 4.79 Å². The predicted molar refractivity (Wildman–Crippen MR) is 82.1 cm³/mol. The van der Waals surface area contributed by atoms with Gasteiger partial charge in [0.05, 0.1) is 6.04 Å². The van der Waals surface area contributed by atoms with Gasteiger partial charge in [-0.1, -0.05) is 24.2 Å². The standard InChI is InChI=1S/C17H21N3O3/c1-10(2)15-8-12(18-22-15)14-4-3-7-20(14)17(21)13-9-16(23-19-13)11-5-6-11/h8-11,14H,3-7H2,1-2H3. The summed E-state index contributed by atoms with van der Waals surface area (Å²) in [6, 6.07) is 3.75. The predicted octanol–water partition coefficient (Wildman–Crippen LogP) is 3.64. The molecule has 4 rings (SSSR count). The average molecular weight is 315 g/mol. The van der Waals surface area contributed by atoms with Crippen molar-refractivity contribution in [2.75, 3.05) is 6.54 Å². The Morgan fingerprint density at radius 3 is 2.74 bits per heavy atom. The van der Waals surface area contributed by atoms with Crippen molar-refractivity contribution in [3.05, 3.63) is 35.0 Å². The highest BCUT2D eigenvalue weighted by Gasteiger charge is 2.35. The molecular weight excluding hydrogens is 294 g/mol. The normalized spacial score (nSPS) is 21.3.